The Balaban J connectivity index is 3.30. The van der Waals surface area contributed by atoms with E-state index in [0.717, 1.165) is 0 Å². The van der Waals surface area contributed by atoms with Gasteiger partial charge in [-0.15, -0.1) is 0 Å². The molecule has 0 fully saturated rings. The second kappa shape index (κ2) is 10.9. The molecule has 85 valence electrons. The predicted octanol–water partition coefficient (Wildman–Crippen LogP) is -0.890. The van der Waals surface area contributed by atoms with Crippen LogP contribution in [0.4, 0.5) is 0 Å². The van der Waals surface area contributed by atoms with Crippen LogP contribution < -0.4 is 0 Å². The molecule has 0 unspecified atom stereocenters. The lowest BCUT2D eigenvalue weighted by Crippen LogP contribution is -2.33. The number of hydrogen-bond donors (Lipinski definition) is 2. The van der Waals surface area contributed by atoms with E-state index in [1.165, 1.54) is 0 Å². The Hall–Kier alpha value is -0.200. The Kier molecular flexibility index (Phi) is 10.7. The molecule has 0 aliphatic carbocycles. The molecule has 5 nitrogen and oxygen atoms in total. The van der Waals surface area contributed by atoms with Gasteiger partial charge in [0.2, 0.25) is 0 Å². The Morgan fingerprint density at radius 2 is 1.64 bits per heavy atom. The summed E-state index contributed by atoms with van der Waals surface area (Å²) in [4.78, 5) is 1.91. The van der Waals surface area contributed by atoms with E-state index in [-0.39, 0.29) is 19.8 Å². The molecule has 0 amide bonds. The van der Waals surface area contributed by atoms with Crippen LogP contribution >= 0.6 is 0 Å². The van der Waals surface area contributed by atoms with Crippen molar-refractivity contribution >= 4 is 0 Å². The number of nitrogens with zero attached hydrogens (tertiary/aromatic N) is 1. The third-order valence-corrected chi connectivity index (χ3v) is 1.82. The van der Waals surface area contributed by atoms with Crippen molar-refractivity contribution in [2.24, 2.45) is 0 Å². The molecule has 0 saturated carbocycles. The van der Waals surface area contributed by atoms with Crippen molar-refractivity contribution < 1.29 is 20.1 Å². The van der Waals surface area contributed by atoms with Crippen molar-refractivity contribution in [3.8, 4) is 0 Å². The SMILES string of the molecule is [O]CCCOCCN(CCO)CCO. The van der Waals surface area contributed by atoms with E-state index in [9.17, 15) is 5.11 Å². The van der Waals surface area contributed by atoms with Crippen LogP contribution in [0.3, 0.4) is 0 Å². The van der Waals surface area contributed by atoms with E-state index in [1.54, 1.807) is 0 Å². The molecule has 0 bridgehead atoms. The fourth-order valence-corrected chi connectivity index (χ4v) is 1.07. The fourth-order valence-electron chi connectivity index (χ4n) is 1.07. The zero-order chi connectivity index (χ0) is 10.6. The van der Waals surface area contributed by atoms with Gasteiger partial charge in [-0.1, -0.05) is 0 Å². The molecule has 0 aliphatic rings. The molecule has 0 aromatic heterocycles. The fraction of sp³-hybridized carbons (Fsp3) is 1.00. The molecule has 0 heterocycles. The maximum atomic E-state index is 10.1. The molecule has 0 atom stereocenters. The van der Waals surface area contributed by atoms with Crippen LogP contribution in [-0.2, 0) is 9.84 Å². The van der Waals surface area contributed by atoms with Gasteiger partial charge in [0.15, 0.2) is 0 Å². The van der Waals surface area contributed by atoms with Crippen molar-refractivity contribution in [2.75, 3.05) is 52.7 Å². The van der Waals surface area contributed by atoms with Crippen LogP contribution in [0.1, 0.15) is 6.42 Å². The first-order chi connectivity index (χ1) is 6.85. The zero-order valence-corrected chi connectivity index (χ0v) is 8.52. The number of aliphatic hydroxyl groups excluding tert-OH is 2. The van der Waals surface area contributed by atoms with Gasteiger partial charge in [-0.25, -0.2) is 5.11 Å². The van der Waals surface area contributed by atoms with Gasteiger partial charge in [-0.3, -0.25) is 4.90 Å². The third kappa shape index (κ3) is 8.40. The van der Waals surface area contributed by atoms with Gasteiger partial charge in [-0.2, -0.15) is 0 Å². The van der Waals surface area contributed by atoms with E-state index >= 15 is 0 Å². The quantitative estimate of drug-likeness (QED) is 0.455. The van der Waals surface area contributed by atoms with E-state index < -0.39 is 0 Å². The summed E-state index contributed by atoms with van der Waals surface area (Å²) in [5.41, 5.74) is 0. The number of hydrogen-bond acceptors (Lipinski definition) is 4. The van der Waals surface area contributed by atoms with Crippen LogP contribution in [-0.4, -0.2) is 67.8 Å². The van der Waals surface area contributed by atoms with E-state index in [1.807, 2.05) is 4.90 Å². The highest BCUT2D eigenvalue weighted by Gasteiger charge is 2.02. The molecular formula is C9H20NO4. The molecule has 1 radical (unpaired) electrons. The Bertz CT molecular complexity index is 107. The zero-order valence-electron chi connectivity index (χ0n) is 8.52. The van der Waals surface area contributed by atoms with Gasteiger partial charge >= 0.3 is 0 Å². The molecule has 0 aliphatic heterocycles. The highest BCUT2D eigenvalue weighted by atomic mass is 16.5. The predicted molar refractivity (Wildman–Crippen MR) is 51.6 cm³/mol. The first-order valence-corrected chi connectivity index (χ1v) is 4.95. The lowest BCUT2D eigenvalue weighted by atomic mass is 10.4. The standard InChI is InChI=1S/C9H20NO4/c11-5-1-8-14-9-4-10(2-6-12)3-7-13/h12-13H,1-9H2. The molecule has 0 rings (SSSR count). The summed E-state index contributed by atoms with van der Waals surface area (Å²) in [6.07, 6.45) is 0.542. The summed E-state index contributed by atoms with van der Waals surface area (Å²) >= 11 is 0. The molecular weight excluding hydrogens is 186 g/mol. The molecule has 14 heavy (non-hydrogen) atoms. The van der Waals surface area contributed by atoms with Gasteiger partial charge < -0.3 is 14.9 Å². The van der Waals surface area contributed by atoms with Gasteiger partial charge in [0, 0.05) is 26.2 Å². The lowest BCUT2D eigenvalue weighted by molar-refractivity contribution is 0.0713. The first-order valence-electron chi connectivity index (χ1n) is 4.95. The molecule has 2 N–H and O–H groups in total. The summed E-state index contributed by atoms with van der Waals surface area (Å²) in [7, 11) is 0. The van der Waals surface area contributed by atoms with Gasteiger partial charge in [-0.05, 0) is 6.42 Å². The van der Waals surface area contributed by atoms with E-state index in [0.29, 0.717) is 39.3 Å². The van der Waals surface area contributed by atoms with Crippen LogP contribution in [0.15, 0.2) is 0 Å². The lowest BCUT2D eigenvalue weighted by Gasteiger charge is -2.19. The maximum Gasteiger partial charge on any atom is 0.0844 e. The first kappa shape index (κ1) is 13.8. The van der Waals surface area contributed by atoms with E-state index in [2.05, 4.69) is 0 Å². The molecule has 0 aromatic rings. The second-order valence-electron chi connectivity index (χ2n) is 2.96. The minimum Gasteiger partial charge on any atom is -0.395 e. The number of rotatable bonds is 10. The van der Waals surface area contributed by atoms with Gasteiger partial charge in [0.05, 0.1) is 26.4 Å². The van der Waals surface area contributed by atoms with Crippen molar-refractivity contribution in [3.05, 3.63) is 0 Å². The summed E-state index contributed by atoms with van der Waals surface area (Å²) in [6, 6.07) is 0. The Morgan fingerprint density at radius 1 is 1.00 bits per heavy atom. The van der Waals surface area contributed by atoms with Crippen LogP contribution in [0.25, 0.3) is 0 Å². The summed E-state index contributed by atoms with van der Waals surface area (Å²) in [6.45, 7) is 2.88. The van der Waals surface area contributed by atoms with Crippen molar-refractivity contribution in [2.45, 2.75) is 6.42 Å². The van der Waals surface area contributed by atoms with Crippen LogP contribution in [0.5, 0.6) is 0 Å². The number of aliphatic hydroxyl groups is 2. The largest absolute Gasteiger partial charge is 0.395 e. The average molecular weight is 206 g/mol. The monoisotopic (exact) mass is 206 g/mol. The highest BCUT2D eigenvalue weighted by Crippen LogP contribution is 1.88. The van der Waals surface area contributed by atoms with Crippen molar-refractivity contribution in [1.29, 1.82) is 0 Å². The van der Waals surface area contributed by atoms with Crippen molar-refractivity contribution in [1.82, 2.24) is 4.90 Å². The maximum absolute atomic E-state index is 10.1. The molecule has 0 aromatic carbocycles. The summed E-state index contributed by atoms with van der Waals surface area (Å²) < 4.78 is 5.19. The third-order valence-electron chi connectivity index (χ3n) is 1.82. The molecule has 5 heteroatoms. The van der Waals surface area contributed by atoms with Crippen molar-refractivity contribution in [3.63, 3.8) is 0 Å². The topological polar surface area (TPSA) is 72.8 Å². The number of ether oxygens (including phenoxy) is 1. The summed E-state index contributed by atoms with van der Waals surface area (Å²) in [5.74, 6) is 0. The van der Waals surface area contributed by atoms with Gasteiger partial charge in [0.1, 0.15) is 0 Å². The average Bonchev–Trinajstić information content (AvgIpc) is 2.18. The minimum atomic E-state index is -0.100. The second-order valence-corrected chi connectivity index (χ2v) is 2.96. The summed E-state index contributed by atoms with van der Waals surface area (Å²) in [5, 5.41) is 27.5. The van der Waals surface area contributed by atoms with Gasteiger partial charge in [0.25, 0.3) is 0 Å². The molecule has 0 saturated heterocycles. The highest BCUT2D eigenvalue weighted by molar-refractivity contribution is 4.55. The normalized spacial score (nSPS) is 11.1. The Labute approximate surface area is 84.9 Å². The van der Waals surface area contributed by atoms with E-state index in [4.69, 9.17) is 14.9 Å². The minimum absolute atomic E-state index is 0.0839. The molecule has 0 spiro atoms. The Morgan fingerprint density at radius 3 is 2.14 bits per heavy atom. The van der Waals surface area contributed by atoms with Crippen LogP contribution in [0, 0.1) is 0 Å². The van der Waals surface area contributed by atoms with Crippen LogP contribution in [0.2, 0.25) is 0 Å². The smallest absolute Gasteiger partial charge is 0.0844 e.